The van der Waals surface area contributed by atoms with E-state index in [-0.39, 0.29) is 47.7 Å². The first kappa shape index (κ1) is 28.9. The van der Waals surface area contributed by atoms with Crippen molar-refractivity contribution >= 4 is 29.4 Å². The van der Waals surface area contributed by atoms with E-state index in [2.05, 4.69) is 10.3 Å². The molecule has 1 aromatic carbocycles. The average molecular weight is 602 g/mol. The molecule has 1 spiro atoms. The zero-order chi connectivity index (χ0) is 30.0. The number of likely N-dealkylation sites (tertiary alicyclic amines) is 1. The first-order valence-corrected chi connectivity index (χ1v) is 15.1. The molecule has 3 heterocycles. The van der Waals surface area contributed by atoms with Crippen LogP contribution in [0.15, 0.2) is 6.07 Å². The molecule has 2 saturated carbocycles. The van der Waals surface area contributed by atoms with Crippen LogP contribution in [0.1, 0.15) is 80.4 Å². The lowest BCUT2D eigenvalue weighted by Gasteiger charge is -2.45. The fraction of sp³-hybridized carbons (Fsp3) is 0.633. The second kappa shape index (κ2) is 10.5. The third-order valence-electron chi connectivity index (χ3n) is 10.2. The number of hydrogen-bond donors (Lipinski definition) is 1. The Kier molecular flexibility index (Phi) is 7.22. The second-order valence-electron chi connectivity index (χ2n) is 12.9. The molecule has 12 heteroatoms. The number of carboxylic acids is 1. The lowest BCUT2D eigenvalue weighted by atomic mass is 9.66. The second-order valence-corrected chi connectivity index (χ2v) is 13.3. The van der Waals surface area contributed by atoms with Gasteiger partial charge in [0.25, 0.3) is 0 Å². The Morgan fingerprint density at radius 1 is 1.26 bits per heavy atom. The van der Waals surface area contributed by atoms with Gasteiger partial charge >= 0.3 is 5.97 Å². The van der Waals surface area contributed by atoms with E-state index in [1.54, 1.807) is 28.5 Å². The summed E-state index contributed by atoms with van der Waals surface area (Å²) in [6, 6.07) is 0.488. The van der Waals surface area contributed by atoms with Crippen LogP contribution in [0.4, 0.5) is 4.39 Å². The number of carboxylic acid groups (broad SMARTS) is 1. The van der Waals surface area contributed by atoms with Crippen LogP contribution in [0.25, 0.3) is 0 Å². The number of amides is 2. The molecule has 2 aliphatic carbocycles. The number of hydrogen-bond acceptors (Lipinski definition) is 6. The molecule has 1 unspecified atom stereocenters. The van der Waals surface area contributed by atoms with Crippen LogP contribution in [-0.2, 0) is 34.5 Å². The molecule has 1 aromatic heterocycles. The van der Waals surface area contributed by atoms with Gasteiger partial charge in [-0.15, -0.1) is 5.10 Å². The standard InChI is InChI=1S/C30H37ClFN5O5/c1-17-22(33-34-35(17)3)15-42-26-21(32)12-20(31)18-7-11-37(27(39)19-6-4-5-8-29(19,2)28(40)41)23(25(18)26)14-36-16-30(9-10-30)13-24(36)38/h12,19,23H,4-11,13-16H2,1-3H3,(H,40,41)/t19-,23?,29-/m0/s1. The summed E-state index contributed by atoms with van der Waals surface area (Å²) in [6.07, 6.45) is 5.17. The third kappa shape index (κ3) is 4.83. The van der Waals surface area contributed by atoms with Gasteiger partial charge in [-0.05, 0) is 63.0 Å². The number of carbonyl (C=O) groups excluding carboxylic acids is 2. The molecule has 2 aromatic rings. The van der Waals surface area contributed by atoms with Crippen molar-refractivity contribution in [1.29, 1.82) is 0 Å². The molecule has 2 aliphatic heterocycles. The summed E-state index contributed by atoms with van der Waals surface area (Å²) in [4.78, 5) is 43.4. The van der Waals surface area contributed by atoms with Crippen molar-refractivity contribution in [1.82, 2.24) is 24.8 Å². The molecular weight excluding hydrogens is 565 g/mol. The number of halogens is 2. The van der Waals surface area contributed by atoms with Crippen molar-refractivity contribution in [2.75, 3.05) is 19.6 Å². The van der Waals surface area contributed by atoms with Gasteiger partial charge in [0.2, 0.25) is 11.8 Å². The molecule has 3 atom stereocenters. The highest BCUT2D eigenvalue weighted by atomic mass is 35.5. The summed E-state index contributed by atoms with van der Waals surface area (Å²) in [6.45, 7) is 4.48. The third-order valence-corrected chi connectivity index (χ3v) is 10.6. The van der Waals surface area contributed by atoms with Crippen LogP contribution in [0.3, 0.4) is 0 Å². The molecule has 226 valence electrons. The predicted octanol–water partition coefficient (Wildman–Crippen LogP) is 4.21. The maximum atomic E-state index is 15.7. The van der Waals surface area contributed by atoms with Crippen molar-refractivity contribution in [2.45, 2.75) is 77.9 Å². The summed E-state index contributed by atoms with van der Waals surface area (Å²) in [5, 5.41) is 18.5. The van der Waals surface area contributed by atoms with Crippen molar-refractivity contribution in [3.8, 4) is 5.75 Å². The average Bonchev–Trinajstić information content (AvgIpc) is 3.53. The monoisotopic (exact) mass is 601 g/mol. The summed E-state index contributed by atoms with van der Waals surface area (Å²) in [7, 11) is 1.76. The minimum Gasteiger partial charge on any atom is -0.484 e. The summed E-state index contributed by atoms with van der Waals surface area (Å²) >= 11 is 6.61. The van der Waals surface area contributed by atoms with Crippen LogP contribution in [-0.4, -0.2) is 67.3 Å². The molecule has 6 rings (SSSR count). The Morgan fingerprint density at radius 3 is 2.67 bits per heavy atom. The van der Waals surface area contributed by atoms with E-state index in [0.717, 1.165) is 31.4 Å². The predicted molar refractivity (Wildman–Crippen MR) is 150 cm³/mol. The zero-order valence-electron chi connectivity index (χ0n) is 24.3. The van der Waals surface area contributed by atoms with Gasteiger partial charge in [0.05, 0.1) is 23.1 Å². The van der Waals surface area contributed by atoms with Gasteiger partial charge in [-0.25, -0.2) is 4.39 Å². The lowest BCUT2D eigenvalue weighted by molar-refractivity contribution is -0.162. The van der Waals surface area contributed by atoms with Gasteiger partial charge in [0, 0.05) is 43.7 Å². The van der Waals surface area contributed by atoms with Crippen molar-refractivity contribution in [2.24, 2.45) is 23.8 Å². The number of aromatic nitrogens is 3. The lowest BCUT2D eigenvalue weighted by Crippen LogP contribution is -2.52. The Labute approximate surface area is 249 Å². The number of carbonyl (C=O) groups is 3. The summed E-state index contributed by atoms with van der Waals surface area (Å²) < 4.78 is 23.5. The van der Waals surface area contributed by atoms with E-state index in [0.29, 0.717) is 49.0 Å². The highest BCUT2D eigenvalue weighted by molar-refractivity contribution is 6.31. The molecule has 42 heavy (non-hydrogen) atoms. The molecule has 3 fully saturated rings. The fourth-order valence-corrected chi connectivity index (χ4v) is 7.48. The number of fused-ring (bicyclic) bond motifs is 1. The Morgan fingerprint density at radius 2 is 2.02 bits per heavy atom. The Hall–Kier alpha value is -3.21. The molecule has 2 amide bonds. The highest BCUT2D eigenvalue weighted by Crippen LogP contribution is 2.54. The number of aryl methyl sites for hydroxylation is 1. The zero-order valence-corrected chi connectivity index (χ0v) is 25.0. The van der Waals surface area contributed by atoms with Gasteiger partial charge in [-0.3, -0.25) is 19.1 Å². The highest BCUT2D eigenvalue weighted by Gasteiger charge is 2.54. The van der Waals surface area contributed by atoms with Gasteiger partial charge < -0.3 is 19.6 Å². The van der Waals surface area contributed by atoms with Crippen LogP contribution < -0.4 is 4.74 Å². The van der Waals surface area contributed by atoms with Gasteiger partial charge in [0.1, 0.15) is 12.3 Å². The van der Waals surface area contributed by atoms with Crippen molar-refractivity contribution < 1.29 is 28.6 Å². The van der Waals surface area contributed by atoms with E-state index in [1.807, 2.05) is 6.92 Å². The molecule has 4 aliphatic rings. The van der Waals surface area contributed by atoms with Crippen LogP contribution in [0.5, 0.6) is 5.75 Å². The number of nitrogens with zero attached hydrogens (tertiary/aromatic N) is 5. The van der Waals surface area contributed by atoms with Crippen LogP contribution in [0, 0.1) is 29.5 Å². The van der Waals surface area contributed by atoms with Crippen molar-refractivity contribution in [3.05, 3.63) is 39.4 Å². The van der Waals surface area contributed by atoms with E-state index < -0.39 is 29.2 Å². The molecular formula is C30H37ClFN5O5. The van der Waals surface area contributed by atoms with Gasteiger partial charge in [-0.1, -0.05) is 29.7 Å². The topological polar surface area (TPSA) is 118 Å². The molecule has 1 N–H and O–H groups in total. The first-order chi connectivity index (χ1) is 19.9. The maximum Gasteiger partial charge on any atom is 0.310 e. The Balaban J connectivity index is 1.41. The number of ether oxygens (including phenoxy) is 1. The summed E-state index contributed by atoms with van der Waals surface area (Å²) in [5.41, 5.74) is 1.23. The van der Waals surface area contributed by atoms with Gasteiger partial charge in [-0.2, -0.15) is 0 Å². The molecule has 0 bridgehead atoms. The summed E-state index contributed by atoms with van der Waals surface area (Å²) in [5.74, 6) is -2.68. The van der Waals surface area contributed by atoms with E-state index in [1.165, 1.54) is 6.07 Å². The van der Waals surface area contributed by atoms with Crippen molar-refractivity contribution in [3.63, 3.8) is 0 Å². The van der Waals surface area contributed by atoms with E-state index in [4.69, 9.17) is 16.3 Å². The molecule has 1 saturated heterocycles. The van der Waals surface area contributed by atoms with E-state index >= 15 is 4.39 Å². The molecule has 0 radical (unpaired) electrons. The van der Waals surface area contributed by atoms with Gasteiger partial charge in [0.15, 0.2) is 11.6 Å². The number of rotatable bonds is 7. The number of benzene rings is 1. The smallest absolute Gasteiger partial charge is 0.310 e. The normalized spacial score (nSPS) is 26.5. The van der Waals surface area contributed by atoms with E-state index in [9.17, 15) is 19.5 Å². The Bertz CT molecular complexity index is 1460. The molecule has 10 nitrogen and oxygen atoms in total. The van der Waals surface area contributed by atoms with Crippen LogP contribution >= 0.6 is 11.6 Å². The maximum absolute atomic E-state index is 15.7. The fourth-order valence-electron chi connectivity index (χ4n) is 7.18. The minimum absolute atomic E-state index is 0.00289. The largest absolute Gasteiger partial charge is 0.484 e. The van der Waals surface area contributed by atoms with Crippen LogP contribution in [0.2, 0.25) is 5.02 Å². The first-order valence-electron chi connectivity index (χ1n) is 14.7. The number of aliphatic carboxylic acids is 1. The minimum atomic E-state index is -1.20. The SMILES string of the molecule is Cc1c(COc2c(F)cc(Cl)c3c2C(CN2CC4(CC4)CC2=O)N(C(=O)[C@@H]2CCCC[C@]2(C)C(=O)O)CC3)nnn1C. The quantitative estimate of drug-likeness (QED) is 0.505.